The van der Waals surface area contributed by atoms with E-state index in [1.165, 1.54) is 33.7 Å². The van der Waals surface area contributed by atoms with Crippen molar-refractivity contribution in [2.45, 2.75) is 148 Å². The maximum Gasteiger partial charge on any atom is 0.293 e. The van der Waals surface area contributed by atoms with Gasteiger partial charge in [0.15, 0.2) is 0 Å². The number of likely N-dealkylation sites (tertiary alicyclic amines) is 1. The smallest absolute Gasteiger partial charge is 0.293 e. The third-order valence-corrected chi connectivity index (χ3v) is 23.9. The molecule has 107 heavy (non-hydrogen) atoms. The number of carbonyl (C=O) groups is 5. The number of rotatable bonds is 26. The van der Waals surface area contributed by atoms with E-state index >= 15 is 0 Å². The van der Waals surface area contributed by atoms with E-state index in [9.17, 15) is 47.6 Å². The summed E-state index contributed by atoms with van der Waals surface area (Å²) in [7, 11) is -4.68. The first-order chi connectivity index (χ1) is 51.1. The molecule has 0 unspecified atom stereocenters. The molecule has 4 aromatic carbocycles. The summed E-state index contributed by atoms with van der Waals surface area (Å²) in [4.78, 5) is 107. The van der Waals surface area contributed by atoms with Crippen LogP contribution in [0.1, 0.15) is 145 Å². The number of unbranched alkanes of at least 4 members (excludes halogenated alkanes) is 2. The average Bonchev–Trinajstić information content (AvgIpc) is 1.77. The van der Waals surface area contributed by atoms with Crippen molar-refractivity contribution in [3.05, 3.63) is 152 Å². The maximum atomic E-state index is 14.7. The van der Waals surface area contributed by atoms with Gasteiger partial charge in [0.25, 0.3) is 21.6 Å². The number of allylic oxidation sites excluding steroid dienone is 1. The van der Waals surface area contributed by atoms with Gasteiger partial charge in [0, 0.05) is 126 Å². The highest BCUT2D eigenvalue weighted by Crippen LogP contribution is 2.45. The molecule has 6 N–H and O–H groups in total. The number of sulfonamides is 1. The third-order valence-electron chi connectivity index (χ3n) is 21.3. The second kappa shape index (κ2) is 33.7. The largest absolute Gasteiger partial charge is 0.476 e. The average molecular weight is 1520 g/mol. The molecular formula is C79H99ClN14O11S2. The van der Waals surface area contributed by atoms with E-state index in [0.29, 0.717) is 132 Å². The van der Waals surface area contributed by atoms with Gasteiger partial charge in [-0.25, -0.2) is 18.1 Å². The predicted octanol–water partition coefficient (Wildman–Crippen LogP) is 11.6. The molecule has 0 radical (unpaired) electrons. The standard InChI is InChI=1S/C79H99ClN14O11S2/c1-51(53-15-17-55(18-16-53)71-52(2)83-50-106-71)84-75(99)67-45-60(95)49-93(67)77(100)72(78(3,4)5)85-69(96)13-9-8-10-14-70(97)91-40-34-88(35-41-91)32-11-30-81-64-26-24-61(46-66(64)94(101)102)107(103,104)87-74(98)62-25-23-59(44-65(62)92-33-12-42-105-76-68(92)43-56-28-31-82-73(56)86-76)90-38-36-89(37-39-90)48-57-27-29-79(6,7)47-63(57)54-19-21-58(80)22-20-54/h15-26,28,31,43-44,46,50-51,60,67,72,81,95H,8-14,27,29-30,32-42,45,47-49H2,1-7H3,(H,82,86)(H,84,99)(H,85,96)(H,87,98)/t51-,60+,67-,72+/m0/s1. The van der Waals surface area contributed by atoms with Crippen LogP contribution in [-0.2, 0) is 29.2 Å². The molecule has 7 heterocycles. The van der Waals surface area contributed by atoms with E-state index < -0.39 is 60.9 Å². The number of β-amino-alcohol motifs (C(OH)–C–C–N with tert-alkyl or cyclic N) is 1. The van der Waals surface area contributed by atoms with Crippen LogP contribution in [0.4, 0.5) is 28.4 Å². The number of thiazole rings is 1. The molecule has 3 aromatic heterocycles. The minimum atomic E-state index is -4.68. The number of nitrogens with zero attached hydrogens (tertiary/aromatic N) is 9. The molecule has 4 aliphatic heterocycles. The van der Waals surface area contributed by atoms with Crippen LogP contribution in [0.5, 0.6) is 5.88 Å². The van der Waals surface area contributed by atoms with Gasteiger partial charge < -0.3 is 50.4 Å². The molecule has 5 amide bonds. The van der Waals surface area contributed by atoms with E-state index in [0.717, 1.165) is 77.7 Å². The number of ether oxygens (including phenoxy) is 1. The number of pyridine rings is 1. The molecule has 3 fully saturated rings. The molecule has 28 heteroatoms. The van der Waals surface area contributed by atoms with E-state index in [1.54, 1.807) is 23.6 Å². The van der Waals surface area contributed by atoms with Crippen molar-refractivity contribution < 1.29 is 47.2 Å². The Morgan fingerprint density at radius 3 is 2.30 bits per heavy atom. The molecule has 0 spiro atoms. The number of aliphatic hydroxyl groups is 1. The number of hydrogen-bond donors (Lipinski definition) is 6. The zero-order chi connectivity index (χ0) is 75.9. The second-order valence-electron chi connectivity index (χ2n) is 30.8. The second-order valence-corrected chi connectivity index (χ2v) is 33.8. The third kappa shape index (κ3) is 18.9. The number of hydrogen-bond acceptors (Lipinski definition) is 19. The van der Waals surface area contributed by atoms with Gasteiger partial charge in [-0.15, -0.1) is 11.3 Å². The summed E-state index contributed by atoms with van der Waals surface area (Å²) in [6, 6.07) is 26.6. The molecule has 1 aliphatic carbocycles. The number of benzene rings is 4. The number of aliphatic hydroxyl groups excluding tert-OH is 1. The Morgan fingerprint density at radius 2 is 1.58 bits per heavy atom. The lowest BCUT2D eigenvalue weighted by Gasteiger charge is -2.39. The van der Waals surface area contributed by atoms with Crippen molar-refractivity contribution in [2.24, 2.45) is 10.8 Å². The van der Waals surface area contributed by atoms with Crippen molar-refractivity contribution in [3.63, 3.8) is 0 Å². The minimum absolute atomic E-state index is 0.0233. The number of aromatic nitrogens is 3. The molecule has 12 rings (SSSR count). The van der Waals surface area contributed by atoms with E-state index in [2.05, 4.69) is 71.3 Å². The Kier molecular flexibility index (Phi) is 24.4. The zero-order valence-corrected chi connectivity index (χ0v) is 64.5. The number of halogens is 1. The minimum Gasteiger partial charge on any atom is -0.476 e. The van der Waals surface area contributed by atoms with Gasteiger partial charge >= 0.3 is 0 Å². The van der Waals surface area contributed by atoms with Gasteiger partial charge in [-0.2, -0.15) is 4.98 Å². The van der Waals surface area contributed by atoms with Crippen LogP contribution < -0.4 is 35.2 Å². The first-order valence-electron chi connectivity index (χ1n) is 37.3. The molecule has 7 aromatic rings. The lowest BCUT2D eigenvalue weighted by atomic mass is 9.72. The normalized spacial score (nSPS) is 18.7. The molecular weight excluding hydrogens is 1420 g/mol. The summed E-state index contributed by atoms with van der Waals surface area (Å²) in [6.07, 6.45) is 7.39. The number of aryl methyl sites for hydroxylation is 1. The van der Waals surface area contributed by atoms with Gasteiger partial charge in [0.2, 0.25) is 29.5 Å². The number of aromatic amines is 1. The summed E-state index contributed by atoms with van der Waals surface area (Å²) in [5, 5.41) is 34.0. The molecule has 4 atom stereocenters. The van der Waals surface area contributed by atoms with Gasteiger partial charge in [-0.3, -0.25) is 43.9 Å². The van der Waals surface area contributed by atoms with Crippen LogP contribution in [0.15, 0.2) is 119 Å². The SMILES string of the molecule is Cc1ncsc1-c1ccc([C@H](C)NC(=O)[C@@H]2C[C@@H](O)CN2C(=O)[C@@H](NC(=O)CCCCCC(=O)N2CCN(CCCNc3ccc(S(=O)(=O)NC(=O)c4ccc(N5CCN(CC6=C(c7ccc(Cl)cc7)CC(C)(C)CC6)CC5)cc4N4CCCOc5nc6[nH]ccc6cc54)cc3[N+](=O)[O-])CC2)C(C)(C)C)cc1. The highest BCUT2D eigenvalue weighted by molar-refractivity contribution is 7.90. The predicted molar refractivity (Wildman–Crippen MR) is 418 cm³/mol. The number of anilines is 4. The summed E-state index contributed by atoms with van der Waals surface area (Å²) < 4.78 is 37.0. The fraction of sp³-hybridized carbons (Fsp3) is 0.481. The van der Waals surface area contributed by atoms with Crippen molar-refractivity contribution in [1.82, 2.24) is 49.9 Å². The Hall–Kier alpha value is -8.99. The zero-order valence-electron chi connectivity index (χ0n) is 62.1. The number of piperazine rings is 2. The van der Waals surface area contributed by atoms with Crippen LogP contribution >= 0.6 is 22.9 Å². The lowest BCUT2D eigenvalue weighted by molar-refractivity contribution is -0.384. The number of H-pyrrole nitrogens is 1. The molecule has 5 aliphatic rings. The first-order valence-corrected chi connectivity index (χ1v) is 40.0. The van der Waals surface area contributed by atoms with Crippen LogP contribution in [0, 0.1) is 27.9 Å². The Morgan fingerprint density at radius 1 is 0.850 bits per heavy atom. The maximum absolute atomic E-state index is 14.7. The molecule has 25 nitrogen and oxygen atoms in total. The summed E-state index contributed by atoms with van der Waals surface area (Å²) in [6.45, 7) is 22.0. The van der Waals surface area contributed by atoms with Crippen LogP contribution in [0.3, 0.4) is 0 Å². The van der Waals surface area contributed by atoms with Crippen molar-refractivity contribution >= 4 is 108 Å². The van der Waals surface area contributed by atoms with Crippen LogP contribution in [0.2, 0.25) is 5.02 Å². The number of nitro benzene ring substituents is 1. The fourth-order valence-corrected chi connectivity index (χ4v) is 17.1. The molecule has 0 saturated carbocycles. The Labute approximate surface area is 635 Å². The topological polar surface area (TPSA) is 301 Å². The number of fused-ring (bicyclic) bond motifs is 2. The Balaban J connectivity index is 0.598. The van der Waals surface area contributed by atoms with E-state index in [1.807, 2.05) is 111 Å². The summed E-state index contributed by atoms with van der Waals surface area (Å²) in [5.74, 6) is -1.67. The first kappa shape index (κ1) is 77.6. The molecule has 3 saturated heterocycles. The van der Waals surface area contributed by atoms with Crippen LogP contribution in [0.25, 0.3) is 27.0 Å². The van der Waals surface area contributed by atoms with Gasteiger partial charge in [-0.1, -0.05) is 94.6 Å². The monoisotopic (exact) mass is 1520 g/mol. The highest BCUT2D eigenvalue weighted by Gasteiger charge is 2.45. The Bertz CT molecular complexity index is 4540. The van der Waals surface area contributed by atoms with E-state index in [-0.39, 0.29) is 59.8 Å². The lowest BCUT2D eigenvalue weighted by Crippen LogP contribution is -2.57. The van der Waals surface area contributed by atoms with Crippen molar-refractivity contribution in [1.29, 1.82) is 0 Å². The number of amides is 5. The van der Waals surface area contributed by atoms with Crippen molar-refractivity contribution in [2.75, 3.05) is 107 Å². The molecule has 0 bridgehead atoms. The van der Waals surface area contributed by atoms with E-state index in [4.69, 9.17) is 21.3 Å². The number of carbonyl (C=O) groups excluding carboxylic acids is 5. The molecule has 570 valence electrons. The summed E-state index contributed by atoms with van der Waals surface area (Å²) in [5.41, 5.74) is 10.5. The summed E-state index contributed by atoms with van der Waals surface area (Å²) >= 11 is 7.88. The fourth-order valence-electron chi connectivity index (χ4n) is 15.2. The number of nitro groups is 1. The van der Waals surface area contributed by atoms with Gasteiger partial charge in [0.1, 0.15) is 29.1 Å². The van der Waals surface area contributed by atoms with Gasteiger partial charge in [0.05, 0.1) is 55.9 Å². The van der Waals surface area contributed by atoms with Crippen LogP contribution in [-0.4, -0.2) is 192 Å². The van der Waals surface area contributed by atoms with Gasteiger partial charge in [-0.05, 0) is 153 Å². The highest BCUT2D eigenvalue weighted by atomic mass is 35.5. The number of nitrogens with one attached hydrogen (secondary N) is 5. The van der Waals surface area contributed by atoms with Crippen molar-refractivity contribution in [3.8, 4) is 16.3 Å². The quantitative estimate of drug-likeness (QED) is 0.0167.